The summed E-state index contributed by atoms with van der Waals surface area (Å²) in [5.74, 6) is 0. The van der Waals surface area contributed by atoms with Gasteiger partial charge in [-0.15, -0.1) is 0 Å². The third-order valence-electron chi connectivity index (χ3n) is 1.78. The predicted octanol–water partition coefficient (Wildman–Crippen LogP) is 2.99. The maximum Gasteiger partial charge on any atom is 0.0577 e. The fourth-order valence-electron chi connectivity index (χ4n) is 1.19. The molecule has 0 aromatic heterocycles. The molecular formula is C9H20O. The fraction of sp³-hybridized carbons (Fsp3) is 1.00. The predicted molar refractivity (Wildman–Crippen MR) is 45.2 cm³/mol. The second-order valence-corrected chi connectivity index (χ2v) is 2.55. The summed E-state index contributed by atoms with van der Waals surface area (Å²) in [6.07, 6.45) is 4.82. The molecule has 0 saturated carbocycles. The van der Waals surface area contributed by atoms with E-state index >= 15 is 0 Å². The van der Waals surface area contributed by atoms with Crippen LogP contribution in [-0.2, 0) is 4.74 Å². The zero-order valence-electron chi connectivity index (χ0n) is 7.68. The first-order valence-electron chi connectivity index (χ1n) is 4.48. The summed E-state index contributed by atoms with van der Waals surface area (Å²) in [7, 11) is 0. The molecule has 1 aliphatic rings. The van der Waals surface area contributed by atoms with Crippen LogP contribution in [0.5, 0.6) is 0 Å². The van der Waals surface area contributed by atoms with Crippen LogP contribution in [0.15, 0.2) is 0 Å². The largest absolute Gasteiger partial charge is 0.375 e. The van der Waals surface area contributed by atoms with E-state index < -0.39 is 0 Å². The van der Waals surface area contributed by atoms with E-state index in [0.717, 1.165) is 0 Å². The van der Waals surface area contributed by atoms with Gasteiger partial charge in [-0.2, -0.15) is 0 Å². The van der Waals surface area contributed by atoms with Crippen molar-refractivity contribution < 1.29 is 4.74 Å². The zero-order valence-corrected chi connectivity index (χ0v) is 7.68. The monoisotopic (exact) mass is 144 g/mol. The highest BCUT2D eigenvalue weighted by molar-refractivity contribution is 4.68. The molecule has 10 heavy (non-hydrogen) atoms. The summed E-state index contributed by atoms with van der Waals surface area (Å²) in [6.45, 7) is 8.33. The summed E-state index contributed by atoms with van der Waals surface area (Å²) in [4.78, 5) is 0. The van der Waals surface area contributed by atoms with E-state index in [1.165, 1.54) is 19.3 Å². The first-order chi connectivity index (χ1) is 4.83. The Bertz CT molecular complexity index is 71.1. The van der Waals surface area contributed by atoms with Crippen LogP contribution in [0.4, 0.5) is 0 Å². The molecule has 1 nitrogen and oxygen atoms in total. The lowest BCUT2D eigenvalue weighted by atomic mass is 10.2. The highest BCUT2D eigenvalue weighted by atomic mass is 16.5. The van der Waals surface area contributed by atoms with Gasteiger partial charge in [0.05, 0.1) is 12.2 Å². The molecule has 1 aliphatic heterocycles. The van der Waals surface area contributed by atoms with Gasteiger partial charge in [-0.1, -0.05) is 20.8 Å². The Labute approximate surface area is 64.8 Å². The molecule has 1 saturated heterocycles. The van der Waals surface area contributed by atoms with E-state index in [1.807, 2.05) is 13.8 Å². The first kappa shape index (κ1) is 9.96. The summed E-state index contributed by atoms with van der Waals surface area (Å²) >= 11 is 0. The van der Waals surface area contributed by atoms with E-state index in [-0.39, 0.29) is 0 Å². The lowest BCUT2D eigenvalue weighted by Gasteiger charge is -2.05. The standard InChI is InChI=1S/C7H14O.C2H6/c1-3-7-5-4-6(2)8-7;1-2/h6-7H,3-5H2,1-2H3;1-2H3/t6?,7-;/m1./s1. The van der Waals surface area contributed by atoms with Crippen molar-refractivity contribution in [2.45, 2.75) is 59.2 Å². The molecule has 1 unspecified atom stereocenters. The number of hydrogen-bond acceptors (Lipinski definition) is 1. The van der Waals surface area contributed by atoms with Crippen molar-refractivity contribution in [1.29, 1.82) is 0 Å². The van der Waals surface area contributed by atoms with Crippen molar-refractivity contribution in [2.24, 2.45) is 0 Å². The molecule has 0 aromatic rings. The van der Waals surface area contributed by atoms with Crippen LogP contribution in [0.2, 0.25) is 0 Å². The van der Waals surface area contributed by atoms with Crippen LogP contribution >= 0.6 is 0 Å². The van der Waals surface area contributed by atoms with Gasteiger partial charge < -0.3 is 4.74 Å². The lowest BCUT2D eigenvalue weighted by molar-refractivity contribution is 0.0540. The summed E-state index contributed by atoms with van der Waals surface area (Å²) < 4.78 is 5.51. The Kier molecular flexibility index (Phi) is 5.70. The molecule has 0 spiro atoms. The van der Waals surface area contributed by atoms with Gasteiger partial charge in [-0.05, 0) is 26.2 Å². The van der Waals surface area contributed by atoms with Crippen LogP contribution in [0, 0.1) is 0 Å². The smallest absolute Gasteiger partial charge is 0.0577 e. The quantitative estimate of drug-likeness (QED) is 0.549. The highest BCUT2D eigenvalue weighted by Gasteiger charge is 2.18. The van der Waals surface area contributed by atoms with Crippen LogP contribution in [0.3, 0.4) is 0 Å². The summed E-state index contributed by atoms with van der Waals surface area (Å²) in [5.41, 5.74) is 0. The Hall–Kier alpha value is -0.0400. The van der Waals surface area contributed by atoms with Gasteiger partial charge in [-0.25, -0.2) is 0 Å². The van der Waals surface area contributed by atoms with Crippen molar-refractivity contribution in [3.8, 4) is 0 Å². The average molecular weight is 144 g/mol. The molecule has 2 atom stereocenters. The Morgan fingerprint density at radius 2 is 1.90 bits per heavy atom. The average Bonchev–Trinajstić information content (AvgIpc) is 2.40. The Morgan fingerprint density at radius 3 is 2.10 bits per heavy atom. The second-order valence-electron chi connectivity index (χ2n) is 2.55. The number of hydrogen-bond donors (Lipinski definition) is 0. The fourth-order valence-corrected chi connectivity index (χ4v) is 1.19. The normalized spacial score (nSPS) is 31.2. The molecule has 0 aromatic carbocycles. The minimum absolute atomic E-state index is 0.528. The molecule has 1 fully saturated rings. The van der Waals surface area contributed by atoms with Gasteiger partial charge in [0.1, 0.15) is 0 Å². The van der Waals surface area contributed by atoms with Crippen molar-refractivity contribution in [3.63, 3.8) is 0 Å². The highest BCUT2D eigenvalue weighted by Crippen LogP contribution is 2.20. The maximum atomic E-state index is 5.51. The van der Waals surface area contributed by atoms with E-state index in [0.29, 0.717) is 12.2 Å². The van der Waals surface area contributed by atoms with Gasteiger partial charge in [0, 0.05) is 0 Å². The van der Waals surface area contributed by atoms with Crippen LogP contribution in [-0.4, -0.2) is 12.2 Å². The van der Waals surface area contributed by atoms with Gasteiger partial charge >= 0.3 is 0 Å². The number of rotatable bonds is 1. The van der Waals surface area contributed by atoms with E-state index in [2.05, 4.69) is 13.8 Å². The molecule has 0 amide bonds. The van der Waals surface area contributed by atoms with Crippen molar-refractivity contribution in [3.05, 3.63) is 0 Å². The van der Waals surface area contributed by atoms with Crippen molar-refractivity contribution >= 4 is 0 Å². The Morgan fingerprint density at radius 1 is 1.30 bits per heavy atom. The van der Waals surface area contributed by atoms with Gasteiger partial charge in [-0.3, -0.25) is 0 Å². The van der Waals surface area contributed by atoms with Crippen LogP contribution in [0.25, 0.3) is 0 Å². The van der Waals surface area contributed by atoms with Gasteiger partial charge in [0.15, 0.2) is 0 Å². The summed E-state index contributed by atoms with van der Waals surface area (Å²) in [5, 5.41) is 0. The molecule has 0 aliphatic carbocycles. The topological polar surface area (TPSA) is 9.23 Å². The first-order valence-corrected chi connectivity index (χ1v) is 4.48. The minimum atomic E-state index is 0.528. The third-order valence-corrected chi connectivity index (χ3v) is 1.78. The Balaban J connectivity index is 0.000000371. The van der Waals surface area contributed by atoms with Crippen LogP contribution < -0.4 is 0 Å². The van der Waals surface area contributed by atoms with Crippen molar-refractivity contribution in [2.75, 3.05) is 0 Å². The number of ether oxygens (including phenoxy) is 1. The van der Waals surface area contributed by atoms with Gasteiger partial charge in [0.2, 0.25) is 0 Å². The minimum Gasteiger partial charge on any atom is -0.375 e. The van der Waals surface area contributed by atoms with Crippen molar-refractivity contribution in [1.82, 2.24) is 0 Å². The molecule has 62 valence electrons. The molecule has 1 rings (SSSR count). The third kappa shape index (κ3) is 3.21. The maximum absolute atomic E-state index is 5.51. The molecule has 0 bridgehead atoms. The second kappa shape index (κ2) is 5.72. The molecule has 0 N–H and O–H groups in total. The lowest BCUT2D eigenvalue weighted by Crippen LogP contribution is -2.05. The van der Waals surface area contributed by atoms with Gasteiger partial charge in [0.25, 0.3) is 0 Å². The van der Waals surface area contributed by atoms with E-state index in [9.17, 15) is 0 Å². The molecule has 1 heteroatoms. The molecular weight excluding hydrogens is 124 g/mol. The van der Waals surface area contributed by atoms with E-state index in [4.69, 9.17) is 4.74 Å². The SMILES string of the molecule is CC.CC[C@@H]1CCC(C)O1. The summed E-state index contributed by atoms with van der Waals surface area (Å²) in [6, 6.07) is 0. The zero-order chi connectivity index (χ0) is 7.98. The van der Waals surface area contributed by atoms with Crippen LogP contribution in [0.1, 0.15) is 47.0 Å². The molecule has 0 radical (unpaired) electrons. The molecule has 1 heterocycles. The van der Waals surface area contributed by atoms with E-state index in [1.54, 1.807) is 0 Å².